The number of hydrogen-bond acceptors (Lipinski definition) is 4. The minimum Gasteiger partial charge on any atom is -0.480 e. The van der Waals surface area contributed by atoms with Gasteiger partial charge in [0.15, 0.2) is 0 Å². The molecule has 2 atom stereocenters. The number of amides is 1. The number of nitrogens with zero attached hydrogens (tertiary/aromatic N) is 1. The molecule has 1 saturated heterocycles. The van der Waals surface area contributed by atoms with Crippen LogP contribution in [0.3, 0.4) is 0 Å². The molecule has 84 valence electrons. The first-order valence-corrected chi connectivity index (χ1v) is 4.02. The zero-order valence-corrected chi connectivity index (χ0v) is 7.58. The molecule has 1 aliphatic rings. The summed E-state index contributed by atoms with van der Waals surface area (Å²) in [5.41, 5.74) is 3.57. The summed E-state index contributed by atoms with van der Waals surface area (Å²) in [7, 11) is 0. The summed E-state index contributed by atoms with van der Waals surface area (Å²) in [4.78, 5) is 32.6. The van der Waals surface area contributed by atoms with Gasteiger partial charge in [-0.3, -0.25) is 9.69 Å². The third-order valence-electron chi connectivity index (χ3n) is 2.34. The number of rotatable bonds is 2. The topological polar surface area (TPSA) is 141 Å². The van der Waals surface area contributed by atoms with Crippen molar-refractivity contribution < 1.29 is 29.7 Å². The van der Waals surface area contributed by atoms with Crippen molar-refractivity contribution in [1.82, 2.24) is 4.90 Å². The van der Waals surface area contributed by atoms with E-state index in [0.29, 0.717) is 4.90 Å². The Bertz CT molecular complexity index is 305. The van der Waals surface area contributed by atoms with Crippen LogP contribution < -0.4 is 5.73 Å². The minimum atomic E-state index is -1.82. The molecule has 0 radical (unpaired) electrons. The molecule has 0 aliphatic carbocycles. The summed E-state index contributed by atoms with van der Waals surface area (Å²) in [5, 5.41) is 26.1. The standard InChI is InChI=1S/C7H10N2O6/c8-7(5(12)13)1-3(4(10)11)9(2-7)6(14)15/h3H,1-2,8H2,(H,10,11)(H,12,13)(H,14,15)/t3-,7-/m0/s1. The Morgan fingerprint density at radius 2 is 1.80 bits per heavy atom. The highest BCUT2D eigenvalue weighted by Crippen LogP contribution is 2.25. The fourth-order valence-electron chi connectivity index (χ4n) is 1.51. The molecule has 1 fully saturated rings. The molecule has 8 nitrogen and oxygen atoms in total. The average molecular weight is 218 g/mol. The van der Waals surface area contributed by atoms with Crippen molar-refractivity contribution in [3.8, 4) is 0 Å². The van der Waals surface area contributed by atoms with E-state index in [0.717, 1.165) is 0 Å². The van der Waals surface area contributed by atoms with Crippen LogP contribution in [0, 0.1) is 0 Å². The van der Waals surface area contributed by atoms with E-state index < -0.39 is 42.6 Å². The van der Waals surface area contributed by atoms with Crippen molar-refractivity contribution in [1.29, 1.82) is 0 Å². The van der Waals surface area contributed by atoms with Crippen molar-refractivity contribution in [3.63, 3.8) is 0 Å². The Morgan fingerprint density at radius 1 is 1.27 bits per heavy atom. The summed E-state index contributed by atoms with van der Waals surface area (Å²) < 4.78 is 0. The minimum absolute atomic E-state index is 0.427. The van der Waals surface area contributed by atoms with Crippen LogP contribution in [0.5, 0.6) is 0 Å². The van der Waals surface area contributed by atoms with Crippen LogP contribution in [0.4, 0.5) is 4.79 Å². The molecular formula is C7H10N2O6. The van der Waals surface area contributed by atoms with Gasteiger partial charge < -0.3 is 21.1 Å². The maximum Gasteiger partial charge on any atom is 0.408 e. The summed E-state index contributed by atoms with van der Waals surface area (Å²) in [6.07, 6.45) is -1.92. The lowest BCUT2D eigenvalue weighted by Crippen LogP contribution is -2.50. The van der Waals surface area contributed by atoms with Crippen molar-refractivity contribution in [3.05, 3.63) is 0 Å². The highest BCUT2D eigenvalue weighted by molar-refractivity contribution is 5.86. The zero-order valence-electron chi connectivity index (χ0n) is 7.58. The Hall–Kier alpha value is -1.83. The van der Waals surface area contributed by atoms with Gasteiger partial charge in [0.2, 0.25) is 0 Å². The number of likely N-dealkylation sites (tertiary alicyclic amines) is 1. The summed E-state index contributed by atoms with van der Waals surface area (Å²) in [5.74, 6) is -2.80. The van der Waals surface area contributed by atoms with E-state index in [4.69, 9.17) is 21.1 Å². The van der Waals surface area contributed by atoms with E-state index in [1.165, 1.54) is 0 Å². The van der Waals surface area contributed by atoms with Gasteiger partial charge in [0.1, 0.15) is 11.6 Å². The van der Waals surface area contributed by atoms with E-state index >= 15 is 0 Å². The van der Waals surface area contributed by atoms with Crippen LogP contribution in [0.25, 0.3) is 0 Å². The Labute approximate surface area is 83.9 Å². The molecule has 0 saturated carbocycles. The number of carboxylic acid groups (broad SMARTS) is 3. The second-order valence-electron chi connectivity index (χ2n) is 3.43. The van der Waals surface area contributed by atoms with Gasteiger partial charge in [-0.15, -0.1) is 0 Å². The molecule has 8 heteroatoms. The first-order valence-electron chi connectivity index (χ1n) is 4.02. The van der Waals surface area contributed by atoms with Crippen LogP contribution in [-0.4, -0.2) is 56.4 Å². The van der Waals surface area contributed by atoms with Crippen LogP contribution in [0.2, 0.25) is 0 Å². The largest absolute Gasteiger partial charge is 0.480 e. The molecule has 0 unspecified atom stereocenters. The van der Waals surface area contributed by atoms with Gasteiger partial charge in [-0.2, -0.15) is 0 Å². The average Bonchev–Trinajstić information content (AvgIpc) is 2.45. The molecule has 0 aromatic rings. The van der Waals surface area contributed by atoms with Gasteiger partial charge in [-0.1, -0.05) is 0 Å². The molecule has 0 bridgehead atoms. The number of carbonyl (C=O) groups is 3. The predicted octanol–water partition coefficient (Wildman–Crippen LogP) is -1.39. The summed E-state index contributed by atoms with van der Waals surface area (Å²) in [6, 6.07) is -1.40. The first-order chi connectivity index (χ1) is 6.78. The molecule has 15 heavy (non-hydrogen) atoms. The van der Waals surface area contributed by atoms with Gasteiger partial charge in [0.05, 0.1) is 6.54 Å². The number of hydrogen-bond donors (Lipinski definition) is 4. The zero-order chi connectivity index (χ0) is 11.8. The van der Waals surface area contributed by atoms with Crippen molar-refractivity contribution in [2.45, 2.75) is 18.0 Å². The molecule has 0 aromatic heterocycles. The van der Waals surface area contributed by atoms with Crippen LogP contribution in [-0.2, 0) is 9.59 Å². The Morgan fingerprint density at radius 3 is 2.07 bits per heavy atom. The molecule has 0 spiro atoms. The highest BCUT2D eigenvalue weighted by atomic mass is 16.4. The van der Waals surface area contributed by atoms with E-state index in [1.807, 2.05) is 0 Å². The third kappa shape index (κ3) is 1.84. The fourth-order valence-corrected chi connectivity index (χ4v) is 1.51. The van der Waals surface area contributed by atoms with Gasteiger partial charge in [0, 0.05) is 6.42 Å². The highest BCUT2D eigenvalue weighted by Gasteiger charge is 2.51. The lowest BCUT2D eigenvalue weighted by Gasteiger charge is -2.18. The van der Waals surface area contributed by atoms with E-state index in [9.17, 15) is 14.4 Å². The molecule has 1 heterocycles. The normalized spacial score (nSPS) is 30.2. The van der Waals surface area contributed by atoms with Gasteiger partial charge in [0.25, 0.3) is 0 Å². The van der Waals surface area contributed by atoms with E-state index in [2.05, 4.69) is 0 Å². The Kier molecular flexibility index (Phi) is 2.54. The third-order valence-corrected chi connectivity index (χ3v) is 2.34. The molecule has 0 aromatic carbocycles. The SMILES string of the molecule is N[C@@]1(C(=O)O)C[C@@H](C(=O)O)N(C(=O)O)C1. The fraction of sp³-hybridized carbons (Fsp3) is 0.571. The summed E-state index contributed by atoms with van der Waals surface area (Å²) >= 11 is 0. The smallest absolute Gasteiger partial charge is 0.408 e. The van der Waals surface area contributed by atoms with Gasteiger partial charge >= 0.3 is 18.0 Å². The number of carboxylic acids is 2. The predicted molar refractivity (Wildman–Crippen MR) is 45.3 cm³/mol. The van der Waals surface area contributed by atoms with Crippen LogP contribution >= 0.6 is 0 Å². The van der Waals surface area contributed by atoms with Gasteiger partial charge in [-0.25, -0.2) is 9.59 Å². The van der Waals surface area contributed by atoms with Crippen LogP contribution in [0.15, 0.2) is 0 Å². The molecule has 1 amide bonds. The van der Waals surface area contributed by atoms with Crippen LogP contribution in [0.1, 0.15) is 6.42 Å². The Balaban J connectivity index is 2.97. The lowest BCUT2D eigenvalue weighted by molar-refractivity contribution is -0.142. The molecule has 1 aliphatic heterocycles. The second kappa shape index (κ2) is 3.39. The quantitative estimate of drug-likeness (QED) is 0.446. The second-order valence-corrected chi connectivity index (χ2v) is 3.43. The van der Waals surface area contributed by atoms with E-state index in [-0.39, 0.29) is 0 Å². The maximum absolute atomic E-state index is 10.7. The molecule has 5 N–H and O–H groups in total. The van der Waals surface area contributed by atoms with E-state index in [1.54, 1.807) is 0 Å². The van der Waals surface area contributed by atoms with Crippen molar-refractivity contribution in [2.75, 3.05) is 6.54 Å². The number of aliphatic carboxylic acids is 2. The monoisotopic (exact) mass is 218 g/mol. The summed E-state index contributed by atoms with van der Waals surface area (Å²) in [6.45, 7) is -0.519. The van der Waals surface area contributed by atoms with Crippen molar-refractivity contribution >= 4 is 18.0 Å². The van der Waals surface area contributed by atoms with Gasteiger partial charge in [-0.05, 0) is 0 Å². The van der Waals surface area contributed by atoms with Crippen molar-refractivity contribution in [2.24, 2.45) is 5.73 Å². The number of nitrogens with two attached hydrogens (primary N) is 1. The maximum atomic E-state index is 10.7. The molecular weight excluding hydrogens is 208 g/mol. The molecule has 1 rings (SSSR count). The lowest BCUT2D eigenvalue weighted by atomic mass is 9.98. The first kappa shape index (κ1) is 11.2.